The standard InChI is InChI=1S/C17H25N3O4S/c1-24-13-17(9-3-10-18-17)12-19-25(22,23)15-7-5-14(6-8-15)20-11-2-4-16(20)21/h5-8,18-19H,2-4,9-13H2,1H3. The van der Waals surface area contributed by atoms with Gasteiger partial charge >= 0.3 is 0 Å². The Balaban J connectivity index is 1.68. The number of benzene rings is 1. The Morgan fingerprint density at radius 1 is 1.28 bits per heavy atom. The van der Waals surface area contributed by atoms with Crippen LogP contribution in [0, 0.1) is 0 Å². The van der Waals surface area contributed by atoms with Crippen molar-refractivity contribution in [2.45, 2.75) is 36.1 Å². The van der Waals surface area contributed by atoms with E-state index in [0.29, 0.717) is 19.6 Å². The molecule has 0 saturated carbocycles. The fraction of sp³-hybridized carbons (Fsp3) is 0.588. The monoisotopic (exact) mass is 367 g/mol. The lowest BCUT2D eigenvalue weighted by Gasteiger charge is -2.28. The molecule has 3 rings (SSSR count). The van der Waals surface area contributed by atoms with E-state index in [1.54, 1.807) is 36.3 Å². The molecule has 2 aliphatic rings. The quantitative estimate of drug-likeness (QED) is 0.746. The van der Waals surface area contributed by atoms with Crippen LogP contribution in [0.5, 0.6) is 0 Å². The average Bonchev–Trinajstić information content (AvgIpc) is 3.23. The molecule has 0 radical (unpaired) electrons. The van der Waals surface area contributed by atoms with Crippen LogP contribution in [0.4, 0.5) is 5.69 Å². The van der Waals surface area contributed by atoms with Gasteiger partial charge in [-0.3, -0.25) is 4.79 Å². The van der Waals surface area contributed by atoms with Crippen molar-refractivity contribution in [3.63, 3.8) is 0 Å². The van der Waals surface area contributed by atoms with Crippen molar-refractivity contribution in [3.8, 4) is 0 Å². The third kappa shape index (κ3) is 4.03. The summed E-state index contributed by atoms with van der Waals surface area (Å²) in [6, 6.07) is 6.48. The number of hydrogen-bond acceptors (Lipinski definition) is 5. The zero-order valence-electron chi connectivity index (χ0n) is 14.5. The number of ether oxygens (including phenoxy) is 1. The number of methoxy groups -OCH3 is 1. The Morgan fingerprint density at radius 3 is 2.60 bits per heavy atom. The SMILES string of the molecule is COCC1(CNS(=O)(=O)c2ccc(N3CCCC3=O)cc2)CCCN1. The van der Waals surface area contributed by atoms with Crippen molar-refractivity contribution in [2.24, 2.45) is 0 Å². The summed E-state index contributed by atoms with van der Waals surface area (Å²) in [6.45, 7) is 2.30. The lowest BCUT2D eigenvalue weighted by atomic mass is 9.99. The maximum Gasteiger partial charge on any atom is 0.240 e. The van der Waals surface area contributed by atoms with Crippen molar-refractivity contribution >= 4 is 21.6 Å². The van der Waals surface area contributed by atoms with Gasteiger partial charge in [0.1, 0.15) is 0 Å². The van der Waals surface area contributed by atoms with Gasteiger partial charge in [0.05, 0.1) is 17.0 Å². The third-order valence-corrected chi connectivity index (χ3v) is 6.30. The highest BCUT2D eigenvalue weighted by Gasteiger charge is 2.34. The molecule has 1 unspecified atom stereocenters. The van der Waals surface area contributed by atoms with Crippen LogP contribution in [0.1, 0.15) is 25.7 Å². The van der Waals surface area contributed by atoms with E-state index in [1.807, 2.05) is 0 Å². The van der Waals surface area contributed by atoms with E-state index in [4.69, 9.17) is 4.74 Å². The molecule has 0 bridgehead atoms. The number of carbonyl (C=O) groups excluding carboxylic acids is 1. The Labute approximate surface area is 148 Å². The fourth-order valence-electron chi connectivity index (χ4n) is 3.51. The molecule has 0 aromatic heterocycles. The normalized spacial score (nSPS) is 24.2. The molecule has 0 aliphatic carbocycles. The molecular formula is C17H25N3O4S. The molecule has 2 heterocycles. The highest BCUT2D eigenvalue weighted by atomic mass is 32.2. The average molecular weight is 367 g/mol. The van der Waals surface area contributed by atoms with Gasteiger partial charge < -0.3 is 15.0 Å². The minimum atomic E-state index is -3.61. The first kappa shape index (κ1) is 18.3. The van der Waals surface area contributed by atoms with E-state index in [0.717, 1.165) is 31.5 Å². The maximum atomic E-state index is 12.6. The van der Waals surface area contributed by atoms with Crippen molar-refractivity contribution in [3.05, 3.63) is 24.3 Å². The van der Waals surface area contributed by atoms with E-state index in [9.17, 15) is 13.2 Å². The van der Waals surface area contributed by atoms with Crippen LogP contribution in [-0.2, 0) is 19.6 Å². The number of carbonyl (C=O) groups is 1. The summed E-state index contributed by atoms with van der Waals surface area (Å²) in [7, 11) is -1.99. The summed E-state index contributed by atoms with van der Waals surface area (Å²) in [4.78, 5) is 13.7. The van der Waals surface area contributed by atoms with E-state index in [-0.39, 0.29) is 22.9 Å². The molecule has 1 atom stereocenters. The first-order chi connectivity index (χ1) is 12.0. The zero-order valence-corrected chi connectivity index (χ0v) is 15.3. The van der Waals surface area contributed by atoms with Gasteiger partial charge in [0, 0.05) is 32.3 Å². The summed E-state index contributed by atoms with van der Waals surface area (Å²) in [6.07, 6.45) is 3.27. The highest BCUT2D eigenvalue weighted by molar-refractivity contribution is 7.89. The number of hydrogen-bond donors (Lipinski definition) is 2. The van der Waals surface area contributed by atoms with E-state index < -0.39 is 10.0 Å². The van der Waals surface area contributed by atoms with Crippen molar-refractivity contribution < 1.29 is 17.9 Å². The predicted octanol–water partition coefficient (Wildman–Crippen LogP) is 0.860. The molecule has 8 heteroatoms. The third-order valence-electron chi connectivity index (χ3n) is 4.89. The van der Waals surface area contributed by atoms with Gasteiger partial charge in [-0.15, -0.1) is 0 Å². The first-order valence-electron chi connectivity index (χ1n) is 8.60. The summed E-state index contributed by atoms with van der Waals surface area (Å²) >= 11 is 0. The van der Waals surface area contributed by atoms with Gasteiger partial charge in [-0.25, -0.2) is 13.1 Å². The highest BCUT2D eigenvalue weighted by Crippen LogP contribution is 2.24. The Morgan fingerprint density at radius 2 is 2.04 bits per heavy atom. The molecule has 2 N–H and O–H groups in total. The molecule has 1 amide bonds. The Hall–Kier alpha value is -1.48. The summed E-state index contributed by atoms with van der Waals surface area (Å²) in [5.74, 6) is 0.0857. The van der Waals surface area contributed by atoms with E-state index in [1.165, 1.54) is 0 Å². The fourth-order valence-corrected chi connectivity index (χ4v) is 4.64. The minimum absolute atomic E-state index is 0.0857. The molecule has 2 fully saturated rings. The summed E-state index contributed by atoms with van der Waals surface area (Å²) in [5.41, 5.74) is 0.402. The van der Waals surface area contributed by atoms with Crippen LogP contribution >= 0.6 is 0 Å². The molecular weight excluding hydrogens is 342 g/mol. The maximum absolute atomic E-state index is 12.6. The lowest BCUT2D eigenvalue weighted by Crippen LogP contribution is -2.52. The summed E-state index contributed by atoms with van der Waals surface area (Å²) < 4.78 is 33.1. The topological polar surface area (TPSA) is 87.7 Å². The second-order valence-electron chi connectivity index (χ2n) is 6.71. The van der Waals surface area contributed by atoms with Crippen LogP contribution in [0.15, 0.2) is 29.2 Å². The number of nitrogens with zero attached hydrogens (tertiary/aromatic N) is 1. The van der Waals surface area contributed by atoms with Crippen LogP contribution < -0.4 is 14.9 Å². The predicted molar refractivity (Wildman–Crippen MR) is 95.1 cm³/mol. The van der Waals surface area contributed by atoms with Crippen molar-refractivity contribution in [2.75, 3.05) is 38.3 Å². The number of sulfonamides is 1. The van der Waals surface area contributed by atoms with E-state index in [2.05, 4.69) is 10.0 Å². The van der Waals surface area contributed by atoms with Crippen molar-refractivity contribution in [1.82, 2.24) is 10.0 Å². The molecule has 1 aromatic carbocycles. The van der Waals surface area contributed by atoms with Gasteiger partial charge in [-0.05, 0) is 50.1 Å². The Bertz CT molecular complexity index is 712. The first-order valence-corrected chi connectivity index (χ1v) is 10.1. The largest absolute Gasteiger partial charge is 0.383 e. The number of amides is 1. The smallest absolute Gasteiger partial charge is 0.240 e. The van der Waals surface area contributed by atoms with Gasteiger partial charge in [0.25, 0.3) is 0 Å². The number of nitrogens with one attached hydrogen (secondary N) is 2. The van der Waals surface area contributed by atoms with Crippen LogP contribution in [0.2, 0.25) is 0 Å². The molecule has 2 aliphatic heterocycles. The van der Waals surface area contributed by atoms with Crippen LogP contribution in [0.3, 0.4) is 0 Å². The minimum Gasteiger partial charge on any atom is -0.383 e. The van der Waals surface area contributed by atoms with Gasteiger partial charge in [0.2, 0.25) is 15.9 Å². The Kier molecular flexibility index (Phi) is 5.43. The zero-order chi connectivity index (χ0) is 17.9. The van der Waals surface area contributed by atoms with Crippen LogP contribution in [0.25, 0.3) is 0 Å². The second-order valence-corrected chi connectivity index (χ2v) is 8.48. The number of rotatable bonds is 7. The molecule has 25 heavy (non-hydrogen) atoms. The lowest BCUT2D eigenvalue weighted by molar-refractivity contribution is -0.117. The van der Waals surface area contributed by atoms with Crippen LogP contribution in [-0.4, -0.2) is 53.2 Å². The summed E-state index contributed by atoms with van der Waals surface area (Å²) in [5, 5.41) is 3.35. The molecule has 138 valence electrons. The van der Waals surface area contributed by atoms with Crippen molar-refractivity contribution in [1.29, 1.82) is 0 Å². The molecule has 2 saturated heterocycles. The second kappa shape index (κ2) is 7.41. The van der Waals surface area contributed by atoms with Gasteiger partial charge in [-0.1, -0.05) is 0 Å². The molecule has 1 aromatic rings. The van der Waals surface area contributed by atoms with E-state index >= 15 is 0 Å². The molecule has 7 nitrogen and oxygen atoms in total. The van der Waals surface area contributed by atoms with Gasteiger partial charge in [0.15, 0.2) is 0 Å². The van der Waals surface area contributed by atoms with Gasteiger partial charge in [-0.2, -0.15) is 0 Å². The number of anilines is 1. The molecule has 0 spiro atoms.